The summed E-state index contributed by atoms with van der Waals surface area (Å²) >= 11 is 1.41. The Balaban J connectivity index is 2.14. The molecule has 4 nitrogen and oxygen atoms in total. The number of nitrogens with zero attached hydrogens (tertiary/aromatic N) is 2. The third-order valence-corrected chi connectivity index (χ3v) is 2.11. The number of anilines is 1. The van der Waals surface area contributed by atoms with Crippen LogP contribution in [0.25, 0.3) is 12.2 Å². The Morgan fingerprint density at radius 1 is 1.38 bits per heavy atom. The second-order valence-corrected chi connectivity index (χ2v) is 3.26. The predicted octanol–water partition coefficient (Wildman–Crippen LogP) is 1.88. The monoisotopic (exact) mass is 193 g/mol. The molecular weight excluding hydrogens is 186 g/mol. The summed E-state index contributed by atoms with van der Waals surface area (Å²) < 4.78 is 4.66. The largest absolute Gasteiger partial charge is 0.375 e. The van der Waals surface area contributed by atoms with Crippen LogP contribution in [0.15, 0.2) is 22.2 Å². The van der Waals surface area contributed by atoms with Crippen molar-refractivity contribution >= 4 is 28.6 Å². The van der Waals surface area contributed by atoms with Crippen LogP contribution in [0.5, 0.6) is 0 Å². The van der Waals surface area contributed by atoms with E-state index in [1.165, 1.54) is 17.6 Å². The van der Waals surface area contributed by atoms with Crippen molar-refractivity contribution in [1.29, 1.82) is 0 Å². The second-order valence-electron chi connectivity index (χ2n) is 2.37. The zero-order valence-corrected chi connectivity index (χ0v) is 7.49. The molecular formula is C8H7N3OS. The van der Waals surface area contributed by atoms with Gasteiger partial charge in [-0.2, -0.15) is 0 Å². The molecule has 0 aliphatic heterocycles. The van der Waals surface area contributed by atoms with Gasteiger partial charge < -0.3 is 10.3 Å². The molecule has 0 bridgehead atoms. The summed E-state index contributed by atoms with van der Waals surface area (Å²) in [5, 5.41) is 6.17. The van der Waals surface area contributed by atoms with E-state index in [2.05, 4.69) is 14.7 Å². The molecule has 66 valence electrons. The first kappa shape index (κ1) is 8.00. The highest BCUT2D eigenvalue weighted by Gasteiger charge is 1.94. The number of thiazole rings is 1. The van der Waals surface area contributed by atoms with Crippen LogP contribution in [0.2, 0.25) is 0 Å². The highest BCUT2D eigenvalue weighted by molar-refractivity contribution is 7.13. The van der Waals surface area contributed by atoms with Gasteiger partial charge in [-0.3, -0.25) is 0 Å². The summed E-state index contributed by atoms with van der Waals surface area (Å²) in [5.74, 6) is 0. The third kappa shape index (κ3) is 1.94. The summed E-state index contributed by atoms with van der Waals surface area (Å²) in [6.45, 7) is 0. The Morgan fingerprint density at radius 3 is 2.85 bits per heavy atom. The lowest BCUT2D eigenvalue weighted by Gasteiger charge is -1.80. The van der Waals surface area contributed by atoms with Crippen molar-refractivity contribution in [1.82, 2.24) is 10.1 Å². The fraction of sp³-hybridized carbons (Fsp3) is 0. The molecule has 2 N–H and O–H groups in total. The van der Waals surface area contributed by atoms with Gasteiger partial charge in [0.15, 0.2) is 5.13 Å². The van der Waals surface area contributed by atoms with E-state index in [0.29, 0.717) is 5.13 Å². The highest BCUT2D eigenvalue weighted by atomic mass is 32.1. The molecule has 2 aromatic rings. The van der Waals surface area contributed by atoms with Crippen molar-refractivity contribution in [2.75, 3.05) is 5.73 Å². The van der Waals surface area contributed by atoms with Crippen LogP contribution in [0, 0.1) is 0 Å². The Kier molecular flexibility index (Phi) is 2.09. The lowest BCUT2D eigenvalue weighted by atomic mass is 10.3. The first-order chi connectivity index (χ1) is 6.34. The molecule has 2 aromatic heterocycles. The van der Waals surface area contributed by atoms with E-state index < -0.39 is 0 Å². The van der Waals surface area contributed by atoms with Gasteiger partial charge in [-0.05, 0) is 12.2 Å². The van der Waals surface area contributed by atoms with Gasteiger partial charge in [-0.15, -0.1) is 11.3 Å². The third-order valence-electron chi connectivity index (χ3n) is 1.42. The zero-order chi connectivity index (χ0) is 9.10. The minimum atomic E-state index is 0.569. The molecule has 0 saturated heterocycles. The quantitative estimate of drug-likeness (QED) is 0.790. The maximum atomic E-state index is 5.47. The molecule has 0 amide bonds. The lowest BCUT2D eigenvalue weighted by molar-refractivity contribution is 0.418. The maximum absolute atomic E-state index is 5.47. The molecule has 0 radical (unpaired) electrons. The van der Waals surface area contributed by atoms with Gasteiger partial charge in [0.2, 0.25) is 0 Å². The van der Waals surface area contributed by atoms with Gasteiger partial charge in [-0.25, -0.2) is 4.98 Å². The number of rotatable bonds is 2. The fourth-order valence-electron chi connectivity index (χ4n) is 0.856. The molecule has 0 unspecified atom stereocenters. The van der Waals surface area contributed by atoms with E-state index in [1.807, 2.05) is 17.5 Å². The molecule has 13 heavy (non-hydrogen) atoms. The van der Waals surface area contributed by atoms with E-state index in [4.69, 9.17) is 5.73 Å². The first-order valence-corrected chi connectivity index (χ1v) is 4.52. The zero-order valence-electron chi connectivity index (χ0n) is 6.68. The minimum absolute atomic E-state index is 0.569. The van der Waals surface area contributed by atoms with E-state index >= 15 is 0 Å². The van der Waals surface area contributed by atoms with Gasteiger partial charge >= 0.3 is 0 Å². The van der Waals surface area contributed by atoms with Crippen LogP contribution in [0.1, 0.15) is 11.4 Å². The maximum Gasteiger partial charge on any atom is 0.180 e. The van der Waals surface area contributed by atoms with Gasteiger partial charge in [-0.1, -0.05) is 5.16 Å². The van der Waals surface area contributed by atoms with Crippen molar-refractivity contribution in [3.05, 3.63) is 29.1 Å². The van der Waals surface area contributed by atoms with E-state index in [0.717, 1.165) is 11.4 Å². The van der Waals surface area contributed by atoms with Crippen LogP contribution in [-0.2, 0) is 0 Å². The molecule has 0 spiro atoms. The van der Waals surface area contributed by atoms with Crippen molar-refractivity contribution in [3.8, 4) is 0 Å². The lowest BCUT2D eigenvalue weighted by Crippen LogP contribution is -1.80. The number of nitrogen functional groups attached to an aromatic ring is 1. The SMILES string of the molecule is Nc1nc(/C=C/c2ccon2)cs1. The molecule has 0 aliphatic rings. The first-order valence-electron chi connectivity index (χ1n) is 3.64. The minimum Gasteiger partial charge on any atom is -0.375 e. The molecule has 0 atom stereocenters. The molecule has 0 saturated carbocycles. The van der Waals surface area contributed by atoms with Crippen molar-refractivity contribution in [2.45, 2.75) is 0 Å². The summed E-state index contributed by atoms with van der Waals surface area (Å²) in [4.78, 5) is 4.06. The van der Waals surface area contributed by atoms with Crippen molar-refractivity contribution in [3.63, 3.8) is 0 Å². The summed E-state index contributed by atoms with van der Waals surface area (Å²) in [6, 6.07) is 1.77. The van der Waals surface area contributed by atoms with E-state index in [9.17, 15) is 0 Å². The number of aromatic nitrogens is 2. The standard InChI is InChI=1S/C8H7N3OS/c9-8-10-7(5-13-8)2-1-6-3-4-12-11-6/h1-5H,(H2,9,10)/b2-1+. The normalized spacial score (nSPS) is 11.1. The summed E-state index contributed by atoms with van der Waals surface area (Å²) in [5.41, 5.74) is 7.08. The molecule has 2 heterocycles. The smallest absolute Gasteiger partial charge is 0.180 e. The van der Waals surface area contributed by atoms with Crippen LogP contribution in [-0.4, -0.2) is 10.1 Å². The molecule has 0 aliphatic carbocycles. The van der Waals surface area contributed by atoms with Crippen LogP contribution in [0.4, 0.5) is 5.13 Å². The number of hydrogen-bond acceptors (Lipinski definition) is 5. The number of nitrogens with two attached hydrogens (primary N) is 1. The summed E-state index contributed by atoms with van der Waals surface area (Å²) in [7, 11) is 0. The average molecular weight is 193 g/mol. The van der Waals surface area contributed by atoms with Gasteiger partial charge in [0.25, 0.3) is 0 Å². The van der Waals surface area contributed by atoms with E-state index in [1.54, 1.807) is 6.07 Å². The molecule has 2 rings (SSSR count). The predicted molar refractivity (Wildman–Crippen MR) is 52.0 cm³/mol. The topological polar surface area (TPSA) is 64.9 Å². The average Bonchev–Trinajstić information content (AvgIpc) is 2.71. The molecule has 0 aromatic carbocycles. The van der Waals surface area contributed by atoms with Crippen LogP contribution >= 0.6 is 11.3 Å². The van der Waals surface area contributed by atoms with Gasteiger partial charge in [0.05, 0.1) is 5.69 Å². The Hall–Kier alpha value is -1.62. The highest BCUT2D eigenvalue weighted by Crippen LogP contribution is 2.13. The van der Waals surface area contributed by atoms with E-state index in [-0.39, 0.29) is 0 Å². The fourth-order valence-corrected chi connectivity index (χ4v) is 1.39. The van der Waals surface area contributed by atoms with Crippen LogP contribution < -0.4 is 5.73 Å². The van der Waals surface area contributed by atoms with Gasteiger partial charge in [0.1, 0.15) is 12.0 Å². The van der Waals surface area contributed by atoms with Crippen LogP contribution in [0.3, 0.4) is 0 Å². The van der Waals surface area contributed by atoms with Crippen molar-refractivity contribution < 1.29 is 4.52 Å². The molecule has 0 fully saturated rings. The van der Waals surface area contributed by atoms with Crippen molar-refractivity contribution in [2.24, 2.45) is 0 Å². The molecule has 5 heteroatoms. The Labute approximate surface area is 78.7 Å². The Morgan fingerprint density at radius 2 is 2.23 bits per heavy atom. The Bertz CT molecular complexity index is 405. The van der Waals surface area contributed by atoms with Gasteiger partial charge in [0, 0.05) is 11.4 Å². The number of hydrogen-bond donors (Lipinski definition) is 1. The second kappa shape index (κ2) is 3.40. The summed E-state index contributed by atoms with van der Waals surface area (Å²) in [6.07, 6.45) is 5.18.